The van der Waals surface area contributed by atoms with Gasteiger partial charge in [0.15, 0.2) is 5.78 Å². The predicted octanol–water partition coefficient (Wildman–Crippen LogP) is 3.04. The van der Waals surface area contributed by atoms with Crippen LogP contribution in [0.25, 0.3) is 0 Å². The Kier molecular flexibility index (Phi) is 5.52. The van der Waals surface area contributed by atoms with Gasteiger partial charge in [0.1, 0.15) is 12.4 Å². The fourth-order valence-corrected chi connectivity index (χ4v) is 2.17. The Labute approximate surface area is 126 Å². The number of ketones is 1. The second-order valence-electron chi connectivity index (χ2n) is 5.24. The minimum Gasteiger partial charge on any atom is -0.486 e. The third-order valence-electron chi connectivity index (χ3n) is 3.09. The van der Waals surface area contributed by atoms with Gasteiger partial charge in [-0.25, -0.2) is 0 Å². The van der Waals surface area contributed by atoms with Crippen molar-refractivity contribution in [2.75, 3.05) is 13.2 Å². The van der Waals surface area contributed by atoms with Crippen molar-refractivity contribution in [3.05, 3.63) is 65.2 Å². The first-order valence-electron chi connectivity index (χ1n) is 7.11. The molecule has 110 valence electrons. The quantitative estimate of drug-likeness (QED) is 0.849. The lowest BCUT2D eigenvalue weighted by molar-refractivity contribution is -0.120. The number of aryl methyl sites for hydroxylation is 2. The highest BCUT2D eigenvalue weighted by molar-refractivity contribution is 5.81. The summed E-state index contributed by atoms with van der Waals surface area (Å²) >= 11 is 0. The minimum absolute atomic E-state index is 0.0464. The average Bonchev–Trinajstić information content (AvgIpc) is 2.45. The van der Waals surface area contributed by atoms with Crippen molar-refractivity contribution >= 4 is 5.78 Å². The Morgan fingerprint density at radius 1 is 1.05 bits per heavy atom. The molecule has 3 heteroatoms. The van der Waals surface area contributed by atoms with Crippen LogP contribution in [0, 0.1) is 13.8 Å². The fourth-order valence-electron chi connectivity index (χ4n) is 2.17. The maximum atomic E-state index is 11.8. The van der Waals surface area contributed by atoms with Gasteiger partial charge in [-0.05, 0) is 42.7 Å². The maximum absolute atomic E-state index is 11.8. The normalized spacial score (nSPS) is 10.4. The first-order chi connectivity index (χ1) is 10.1. The molecule has 1 N–H and O–H groups in total. The van der Waals surface area contributed by atoms with Crippen LogP contribution in [0.2, 0.25) is 0 Å². The zero-order chi connectivity index (χ0) is 15.1. The molecule has 0 spiro atoms. The van der Waals surface area contributed by atoms with Crippen LogP contribution < -0.4 is 10.1 Å². The molecule has 2 aromatic rings. The Bertz CT molecular complexity index is 573. The van der Waals surface area contributed by atoms with Crippen LogP contribution >= 0.6 is 0 Å². The molecule has 0 aromatic heterocycles. The molecular weight excluding hydrogens is 262 g/mol. The molecule has 0 unspecified atom stereocenters. The molecule has 0 atom stereocenters. The van der Waals surface area contributed by atoms with E-state index in [9.17, 15) is 4.79 Å². The zero-order valence-corrected chi connectivity index (χ0v) is 12.6. The first kappa shape index (κ1) is 15.3. The van der Waals surface area contributed by atoms with Gasteiger partial charge in [0.2, 0.25) is 0 Å². The number of rotatable bonds is 7. The number of carbonyl (C=O) groups excluding carboxylic acids is 1. The number of hydrogen-bond donors (Lipinski definition) is 1. The van der Waals surface area contributed by atoms with Crippen LogP contribution in [-0.4, -0.2) is 18.9 Å². The highest BCUT2D eigenvalue weighted by Gasteiger charge is 2.04. The van der Waals surface area contributed by atoms with Crippen LogP contribution in [0.5, 0.6) is 5.75 Å². The van der Waals surface area contributed by atoms with Crippen molar-refractivity contribution in [2.45, 2.75) is 20.4 Å². The van der Waals surface area contributed by atoms with Crippen molar-refractivity contribution in [1.82, 2.24) is 5.32 Å². The lowest BCUT2D eigenvalue weighted by Gasteiger charge is -2.08. The summed E-state index contributed by atoms with van der Waals surface area (Å²) in [6, 6.07) is 16.0. The molecular formula is C18H21NO2. The Balaban J connectivity index is 1.72. The molecule has 0 aliphatic heterocycles. The average molecular weight is 283 g/mol. The van der Waals surface area contributed by atoms with Gasteiger partial charge >= 0.3 is 0 Å². The van der Waals surface area contributed by atoms with Crippen LogP contribution in [-0.2, 0) is 11.3 Å². The van der Waals surface area contributed by atoms with Crippen molar-refractivity contribution in [3.63, 3.8) is 0 Å². The third kappa shape index (κ3) is 5.40. The second kappa shape index (κ2) is 7.60. The molecule has 0 heterocycles. The lowest BCUT2D eigenvalue weighted by Crippen LogP contribution is -2.26. The lowest BCUT2D eigenvalue weighted by atomic mass is 10.1. The molecule has 2 rings (SSSR count). The molecule has 0 amide bonds. The van der Waals surface area contributed by atoms with E-state index in [1.807, 2.05) is 56.3 Å². The summed E-state index contributed by atoms with van der Waals surface area (Å²) in [4.78, 5) is 11.8. The minimum atomic E-state index is 0.0464. The van der Waals surface area contributed by atoms with Gasteiger partial charge in [0.25, 0.3) is 0 Å². The third-order valence-corrected chi connectivity index (χ3v) is 3.09. The first-order valence-corrected chi connectivity index (χ1v) is 7.11. The highest BCUT2D eigenvalue weighted by atomic mass is 16.5. The van der Waals surface area contributed by atoms with Gasteiger partial charge in [-0.15, -0.1) is 0 Å². The molecule has 0 radical (unpaired) electrons. The summed E-state index contributed by atoms with van der Waals surface area (Å²) in [6.45, 7) is 5.15. The number of carbonyl (C=O) groups is 1. The number of nitrogens with one attached hydrogen (secondary N) is 1. The van der Waals surface area contributed by atoms with Gasteiger partial charge in [-0.1, -0.05) is 36.4 Å². The van der Waals surface area contributed by atoms with Crippen molar-refractivity contribution in [3.8, 4) is 5.75 Å². The van der Waals surface area contributed by atoms with E-state index in [1.54, 1.807) is 0 Å². The van der Waals surface area contributed by atoms with E-state index in [1.165, 1.54) is 5.56 Å². The SMILES string of the molecule is Cc1cc(C)cc(OCC(=O)CNCc2ccccc2)c1. The van der Waals surface area contributed by atoms with E-state index < -0.39 is 0 Å². The molecule has 3 nitrogen and oxygen atoms in total. The van der Waals surface area contributed by atoms with Gasteiger partial charge in [0, 0.05) is 6.54 Å². The summed E-state index contributed by atoms with van der Waals surface area (Å²) in [6.07, 6.45) is 0. The summed E-state index contributed by atoms with van der Waals surface area (Å²) in [5.74, 6) is 0.800. The second-order valence-corrected chi connectivity index (χ2v) is 5.24. The summed E-state index contributed by atoms with van der Waals surface area (Å²) in [5.41, 5.74) is 3.44. The Hall–Kier alpha value is -2.13. The smallest absolute Gasteiger partial charge is 0.183 e. The molecule has 0 aliphatic carbocycles. The highest BCUT2D eigenvalue weighted by Crippen LogP contribution is 2.15. The van der Waals surface area contributed by atoms with Gasteiger partial charge in [-0.2, -0.15) is 0 Å². The molecule has 21 heavy (non-hydrogen) atoms. The number of benzene rings is 2. The summed E-state index contributed by atoms with van der Waals surface area (Å²) < 4.78 is 5.54. The van der Waals surface area contributed by atoms with E-state index in [0.717, 1.165) is 16.9 Å². The van der Waals surface area contributed by atoms with Crippen LogP contribution in [0.4, 0.5) is 0 Å². The number of ether oxygens (including phenoxy) is 1. The van der Waals surface area contributed by atoms with E-state index in [-0.39, 0.29) is 12.4 Å². The monoisotopic (exact) mass is 283 g/mol. The summed E-state index contributed by atoms with van der Waals surface area (Å²) in [5, 5.41) is 3.13. The van der Waals surface area contributed by atoms with E-state index in [2.05, 4.69) is 11.4 Å². The summed E-state index contributed by atoms with van der Waals surface area (Å²) in [7, 11) is 0. The number of Topliss-reactive ketones (excluding diaryl/α,β-unsaturated/α-hetero) is 1. The van der Waals surface area contributed by atoms with Gasteiger partial charge in [0.05, 0.1) is 6.54 Å². The van der Waals surface area contributed by atoms with E-state index in [0.29, 0.717) is 13.1 Å². The van der Waals surface area contributed by atoms with Crippen LogP contribution in [0.15, 0.2) is 48.5 Å². The fraction of sp³-hybridized carbons (Fsp3) is 0.278. The molecule has 0 bridgehead atoms. The van der Waals surface area contributed by atoms with E-state index in [4.69, 9.17) is 4.74 Å². The molecule has 2 aromatic carbocycles. The largest absolute Gasteiger partial charge is 0.486 e. The van der Waals surface area contributed by atoms with Gasteiger partial charge in [-0.3, -0.25) is 4.79 Å². The number of hydrogen-bond acceptors (Lipinski definition) is 3. The predicted molar refractivity (Wildman–Crippen MR) is 84.6 cm³/mol. The maximum Gasteiger partial charge on any atom is 0.183 e. The zero-order valence-electron chi connectivity index (χ0n) is 12.6. The molecule has 0 fully saturated rings. The molecule has 0 saturated heterocycles. The van der Waals surface area contributed by atoms with Crippen LogP contribution in [0.1, 0.15) is 16.7 Å². The van der Waals surface area contributed by atoms with Gasteiger partial charge < -0.3 is 10.1 Å². The molecule has 0 aliphatic rings. The van der Waals surface area contributed by atoms with Crippen molar-refractivity contribution in [2.24, 2.45) is 0 Å². The topological polar surface area (TPSA) is 38.3 Å². The standard InChI is InChI=1S/C18H21NO2/c1-14-8-15(2)10-18(9-14)21-13-17(20)12-19-11-16-6-4-3-5-7-16/h3-10,19H,11-13H2,1-2H3. The van der Waals surface area contributed by atoms with E-state index >= 15 is 0 Å². The Morgan fingerprint density at radius 2 is 1.71 bits per heavy atom. The molecule has 0 saturated carbocycles. The Morgan fingerprint density at radius 3 is 2.38 bits per heavy atom. The van der Waals surface area contributed by atoms with Crippen molar-refractivity contribution in [1.29, 1.82) is 0 Å². The van der Waals surface area contributed by atoms with Crippen molar-refractivity contribution < 1.29 is 9.53 Å². The van der Waals surface area contributed by atoms with Crippen LogP contribution in [0.3, 0.4) is 0 Å².